The van der Waals surface area contributed by atoms with Gasteiger partial charge < -0.3 is 9.84 Å². The lowest BCUT2D eigenvalue weighted by Gasteiger charge is -2.00. The Morgan fingerprint density at radius 1 is 1.58 bits per heavy atom. The van der Waals surface area contributed by atoms with Gasteiger partial charge in [0.05, 0.1) is 17.1 Å². The summed E-state index contributed by atoms with van der Waals surface area (Å²) in [5.41, 5.74) is -0.875. The predicted molar refractivity (Wildman–Crippen MR) is 63.7 cm³/mol. The first-order chi connectivity index (χ1) is 8.99. The fourth-order valence-electron chi connectivity index (χ4n) is 1.23. The maximum Gasteiger partial charge on any atom is 0.384 e. The van der Waals surface area contributed by atoms with Crippen LogP contribution in [0, 0.1) is 22.0 Å². The molecule has 0 aliphatic heterocycles. The van der Waals surface area contributed by atoms with Gasteiger partial charge in [0, 0.05) is 17.6 Å². The van der Waals surface area contributed by atoms with Crippen LogP contribution in [0.3, 0.4) is 0 Å². The molecule has 0 aliphatic rings. The molecule has 0 amide bonds. The minimum atomic E-state index is -0.849. The monoisotopic (exact) mass is 263 g/mol. The number of esters is 1. The Labute approximate surface area is 108 Å². The summed E-state index contributed by atoms with van der Waals surface area (Å²) in [4.78, 5) is 31.5. The van der Waals surface area contributed by atoms with Crippen LogP contribution in [-0.4, -0.2) is 28.9 Å². The number of nitrogens with zero attached hydrogens (tertiary/aromatic N) is 1. The fraction of sp³-hybridized carbons (Fsp3) is 0.167. The molecule has 0 aliphatic carbocycles. The highest BCUT2D eigenvalue weighted by Crippen LogP contribution is 2.29. The summed E-state index contributed by atoms with van der Waals surface area (Å²) < 4.78 is 4.56. The molecule has 0 saturated heterocycles. The van der Waals surface area contributed by atoms with Gasteiger partial charge in [0.2, 0.25) is 5.75 Å². The predicted octanol–water partition coefficient (Wildman–Crippen LogP) is 1.03. The first-order valence-electron chi connectivity index (χ1n) is 5.15. The Morgan fingerprint density at radius 3 is 2.79 bits per heavy atom. The van der Waals surface area contributed by atoms with Crippen molar-refractivity contribution in [1.29, 1.82) is 0 Å². The molecule has 1 aromatic carbocycles. The molecule has 0 aromatic heterocycles. The molecule has 0 bridgehead atoms. The van der Waals surface area contributed by atoms with Gasteiger partial charge >= 0.3 is 11.7 Å². The lowest BCUT2D eigenvalue weighted by molar-refractivity contribution is -0.385. The van der Waals surface area contributed by atoms with E-state index in [2.05, 4.69) is 16.6 Å². The van der Waals surface area contributed by atoms with Crippen LogP contribution in [0.1, 0.15) is 22.8 Å². The van der Waals surface area contributed by atoms with Gasteiger partial charge in [0.15, 0.2) is 6.29 Å². The highest BCUT2D eigenvalue weighted by molar-refractivity contribution is 5.89. The normalized spacial score (nSPS) is 9.11. The van der Waals surface area contributed by atoms with Crippen LogP contribution in [0.15, 0.2) is 12.1 Å². The second-order valence-electron chi connectivity index (χ2n) is 3.28. The summed E-state index contributed by atoms with van der Waals surface area (Å²) in [6.45, 7) is 1.76. The number of nitro groups is 1. The van der Waals surface area contributed by atoms with E-state index in [1.54, 1.807) is 6.92 Å². The molecule has 1 N–H and O–H groups in total. The van der Waals surface area contributed by atoms with Crippen LogP contribution < -0.4 is 0 Å². The van der Waals surface area contributed by atoms with Gasteiger partial charge in [-0.2, -0.15) is 0 Å². The molecule has 7 nitrogen and oxygen atoms in total. The largest absolute Gasteiger partial charge is 0.502 e. The third-order valence-corrected chi connectivity index (χ3v) is 2.03. The zero-order chi connectivity index (χ0) is 14.4. The number of hydrogen-bond donors (Lipinski definition) is 1. The van der Waals surface area contributed by atoms with Crippen LogP contribution in [0.5, 0.6) is 5.75 Å². The van der Waals surface area contributed by atoms with E-state index in [0.29, 0.717) is 0 Å². The van der Waals surface area contributed by atoms with Crippen molar-refractivity contribution in [3.05, 3.63) is 33.4 Å². The van der Waals surface area contributed by atoms with E-state index in [0.717, 1.165) is 12.1 Å². The van der Waals surface area contributed by atoms with Crippen molar-refractivity contribution in [2.24, 2.45) is 0 Å². The van der Waals surface area contributed by atoms with Crippen molar-refractivity contribution < 1.29 is 24.4 Å². The average Bonchev–Trinajstić information content (AvgIpc) is 2.37. The number of benzene rings is 1. The highest BCUT2D eigenvalue weighted by atomic mass is 16.6. The van der Waals surface area contributed by atoms with Crippen LogP contribution >= 0.6 is 0 Å². The molecule has 1 rings (SSSR count). The topological polar surface area (TPSA) is 107 Å². The summed E-state index contributed by atoms with van der Waals surface area (Å²) in [5.74, 6) is 2.91. The first-order valence-corrected chi connectivity index (χ1v) is 5.15. The van der Waals surface area contributed by atoms with Gasteiger partial charge in [-0.25, -0.2) is 4.79 Å². The van der Waals surface area contributed by atoms with Gasteiger partial charge in [0.1, 0.15) is 0 Å². The lowest BCUT2D eigenvalue weighted by Crippen LogP contribution is -2.00. The van der Waals surface area contributed by atoms with Crippen LogP contribution in [0.2, 0.25) is 0 Å². The van der Waals surface area contributed by atoms with E-state index in [4.69, 9.17) is 0 Å². The number of carbonyl (C=O) groups is 2. The molecule has 0 unspecified atom stereocenters. The minimum Gasteiger partial charge on any atom is -0.502 e. The second kappa shape index (κ2) is 6.16. The summed E-state index contributed by atoms with van der Waals surface area (Å²) in [6.07, 6.45) is 0.262. The highest BCUT2D eigenvalue weighted by Gasteiger charge is 2.18. The van der Waals surface area contributed by atoms with Crippen molar-refractivity contribution in [2.45, 2.75) is 6.92 Å². The summed E-state index contributed by atoms with van der Waals surface area (Å²) in [5, 5.41) is 20.1. The molecule has 0 atom stereocenters. The van der Waals surface area contributed by atoms with Crippen molar-refractivity contribution in [1.82, 2.24) is 0 Å². The standard InChI is InChI=1S/C12H9NO6/c1-2-19-11(15)4-3-8-5-9(7-14)12(16)10(6-8)13(17)18/h5-7,16H,2H2,1H3. The number of rotatable bonds is 3. The Kier molecular flexibility index (Phi) is 4.60. The molecule has 0 spiro atoms. The lowest BCUT2D eigenvalue weighted by atomic mass is 10.1. The number of nitro benzene ring substituents is 1. The number of aromatic hydroxyl groups is 1. The van der Waals surface area contributed by atoms with E-state index in [1.165, 1.54) is 0 Å². The number of phenolic OH excluding ortho intramolecular Hbond substituents is 1. The Bertz CT molecular complexity index is 596. The SMILES string of the molecule is CCOC(=O)C#Cc1cc(C=O)c(O)c([N+](=O)[O-])c1. The minimum absolute atomic E-state index is 0.0552. The summed E-state index contributed by atoms with van der Waals surface area (Å²) in [6, 6.07) is 2.11. The smallest absolute Gasteiger partial charge is 0.384 e. The van der Waals surface area contributed by atoms with E-state index in [-0.39, 0.29) is 24.0 Å². The maximum atomic E-state index is 11.0. The molecule has 0 fully saturated rings. The molecule has 98 valence electrons. The second-order valence-corrected chi connectivity index (χ2v) is 3.28. The van der Waals surface area contributed by atoms with Gasteiger partial charge in [0.25, 0.3) is 0 Å². The molecule has 0 heterocycles. The Hall–Kier alpha value is -2.88. The zero-order valence-corrected chi connectivity index (χ0v) is 9.87. The molecule has 1 aromatic rings. The van der Waals surface area contributed by atoms with Crippen LogP contribution in [0.25, 0.3) is 0 Å². The molecular formula is C12H9NO6. The van der Waals surface area contributed by atoms with Crippen molar-refractivity contribution >= 4 is 17.9 Å². The number of ether oxygens (including phenoxy) is 1. The molecular weight excluding hydrogens is 254 g/mol. The summed E-state index contributed by atoms with van der Waals surface area (Å²) in [7, 11) is 0. The Morgan fingerprint density at radius 2 is 2.26 bits per heavy atom. The van der Waals surface area contributed by atoms with Gasteiger partial charge in [-0.15, -0.1) is 0 Å². The molecule has 19 heavy (non-hydrogen) atoms. The number of aldehydes is 1. The maximum absolute atomic E-state index is 11.0. The van der Waals surface area contributed by atoms with Crippen molar-refractivity contribution in [2.75, 3.05) is 6.61 Å². The van der Waals surface area contributed by atoms with Crippen LogP contribution in [0.4, 0.5) is 5.69 Å². The first kappa shape index (κ1) is 14.2. The third kappa shape index (κ3) is 3.54. The average molecular weight is 263 g/mol. The number of hydrogen-bond acceptors (Lipinski definition) is 6. The van der Waals surface area contributed by atoms with E-state index in [1.807, 2.05) is 0 Å². The van der Waals surface area contributed by atoms with E-state index in [9.17, 15) is 24.8 Å². The van der Waals surface area contributed by atoms with Crippen LogP contribution in [-0.2, 0) is 9.53 Å². The fourth-order valence-corrected chi connectivity index (χ4v) is 1.23. The van der Waals surface area contributed by atoms with Crippen molar-refractivity contribution in [3.8, 4) is 17.6 Å². The van der Waals surface area contributed by atoms with E-state index >= 15 is 0 Å². The number of phenols is 1. The van der Waals surface area contributed by atoms with Gasteiger partial charge in [-0.3, -0.25) is 14.9 Å². The molecule has 0 radical (unpaired) electrons. The number of carbonyl (C=O) groups excluding carboxylic acids is 2. The zero-order valence-electron chi connectivity index (χ0n) is 9.87. The van der Waals surface area contributed by atoms with Gasteiger partial charge in [-0.05, 0) is 13.0 Å². The molecule has 0 saturated carbocycles. The quantitative estimate of drug-likeness (QED) is 0.287. The van der Waals surface area contributed by atoms with Gasteiger partial charge in [-0.1, -0.05) is 5.92 Å². The van der Waals surface area contributed by atoms with E-state index < -0.39 is 22.3 Å². The molecule has 7 heteroatoms. The van der Waals surface area contributed by atoms with Crippen molar-refractivity contribution in [3.63, 3.8) is 0 Å². The Balaban J connectivity index is 3.23. The summed E-state index contributed by atoms with van der Waals surface area (Å²) >= 11 is 0. The third-order valence-electron chi connectivity index (χ3n) is 2.03.